The normalized spacial score (nSPS) is 10.3. The van der Waals surface area contributed by atoms with E-state index in [1.807, 2.05) is 24.3 Å². The Kier molecular flexibility index (Phi) is 7.21. The Morgan fingerprint density at radius 3 is 2.31 bits per heavy atom. The molecule has 0 atom stereocenters. The molecule has 2 aromatic carbocycles. The molecule has 0 radical (unpaired) electrons. The summed E-state index contributed by atoms with van der Waals surface area (Å²) in [5, 5.41) is 0. The van der Waals surface area contributed by atoms with Crippen molar-refractivity contribution < 1.29 is 23.8 Å². The second kappa shape index (κ2) is 9.61. The van der Waals surface area contributed by atoms with Gasteiger partial charge in [0.15, 0.2) is 23.9 Å². The maximum atomic E-state index is 12.1. The lowest BCUT2D eigenvalue weighted by Crippen LogP contribution is -2.14. The molecule has 0 fully saturated rings. The van der Waals surface area contributed by atoms with Gasteiger partial charge >= 0.3 is 5.97 Å². The van der Waals surface area contributed by atoms with Crippen molar-refractivity contribution >= 4 is 11.8 Å². The van der Waals surface area contributed by atoms with E-state index in [1.54, 1.807) is 32.4 Å². The maximum Gasteiger partial charge on any atom is 0.306 e. The highest BCUT2D eigenvalue weighted by Gasteiger charge is 2.13. The van der Waals surface area contributed by atoms with Gasteiger partial charge in [-0.3, -0.25) is 9.59 Å². The summed E-state index contributed by atoms with van der Waals surface area (Å²) in [7, 11) is 3.12. The fourth-order valence-corrected chi connectivity index (χ4v) is 2.62. The molecule has 0 saturated heterocycles. The molecule has 2 aromatic rings. The molecule has 0 aromatic heterocycles. The third-order valence-electron chi connectivity index (χ3n) is 4.13. The van der Waals surface area contributed by atoms with Crippen LogP contribution in [0.1, 0.15) is 34.8 Å². The first-order valence-corrected chi connectivity index (χ1v) is 8.56. The summed E-state index contributed by atoms with van der Waals surface area (Å²) in [5.41, 5.74) is 2.56. The molecule has 0 spiro atoms. The van der Waals surface area contributed by atoms with Crippen LogP contribution in [0.4, 0.5) is 0 Å². The summed E-state index contributed by atoms with van der Waals surface area (Å²) in [6.07, 6.45) is 1.52. The molecule has 0 unspecified atom stereocenters. The van der Waals surface area contributed by atoms with Crippen molar-refractivity contribution in [2.45, 2.75) is 26.2 Å². The van der Waals surface area contributed by atoms with Crippen molar-refractivity contribution in [3.8, 4) is 11.5 Å². The standard InChI is InChI=1S/C21H24O5/c1-4-15-8-10-16(11-9-15)18(22)14-26-20(23)13-12-17-6-5-7-19(24-2)21(17)25-3/h5-11H,4,12-14H2,1-3H3. The number of aryl methyl sites for hydroxylation is 2. The molecule has 0 bridgehead atoms. The van der Waals surface area contributed by atoms with E-state index >= 15 is 0 Å². The van der Waals surface area contributed by atoms with Crippen molar-refractivity contribution in [2.24, 2.45) is 0 Å². The number of ketones is 1. The summed E-state index contributed by atoms with van der Waals surface area (Å²) in [4.78, 5) is 24.1. The van der Waals surface area contributed by atoms with Crippen LogP contribution in [0.2, 0.25) is 0 Å². The van der Waals surface area contributed by atoms with Crippen LogP contribution in [0.25, 0.3) is 0 Å². The van der Waals surface area contributed by atoms with Gasteiger partial charge in [-0.25, -0.2) is 0 Å². The Morgan fingerprint density at radius 1 is 0.962 bits per heavy atom. The van der Waals surface area contributed by atoms with E-state index in [0.717, 1.165) is 17.5 Å². The minimum Gasteiger partial charge on any atom is -0.493 e. The topological polar surface area (TPSA) is 61.8 Å². The lowest BCUT2D eigenvalue weighted by atomic mass is 10.1. The van der Waals surface area contributed by atoms with Gasteiger partial charge in [-0.05, 0) is 30.0 Å². The van der Waals surface area contributed by atoms with E-state index < -0.39 is 5.97 Å². The van der Waals surface area contributed by atoms with Gasteiger partial charge in [-0.2, -0.15) is 0 Å². The molecular weight excluding hydrogens is 332 g/mol. The summed E-state index contributed by atoms with van der Waals surface area (Å²) in [6, 6.07) is 12.8. The van der Waals surface area contributed by atoms with Crippen molar-refractivity contribution in [1.82, 2.24) is 0 Å². The lowest BCUT2D eigenvalue weighted by molar-refractivity contribution is -0.142. The minimum absolute atomic E-state index is 0.158. The van der Waals surface area contributed by atoms with Gasteiger partial charge in [0.05, 0.1) is 14.2 Å². The first-order valence-electron chi connectivity index (χ1n) is 8.56. The fraction of sp³-hybridized carbons (Fsp3) is 0.333. The summed E-state index contributed by atoms with van der Waals surface area (Å²) < 4.78 is 15.7. The number of carbonyl (C=O) groups excluding carboxylic acids is 2. The monoisotopic (exact) mass is 356 g/mol. The Bertz CT molecular complexity index is 749. The number of methoxy groups -OCH3 is 2. The third-order valence-corrected chi connectivity index (χ3v) is 4.13. The third kappa shape index (κ3) is 5.09. The smallest absolute Gasteiger partial charge is 0.306 e. The maximum absolute atomic E-state index is 12.1. The Hall–Kier alpha value is -2.82. The zero-order valence-electron chi connectivity index (χ0n) is 15.4. The van der Waals surface area contributed by atoms with Crippen molar-refractivity contribution in [1.29, 1.82) is 0 Å². The van der Waals surface area contributed by atoms with Gasteiger partial charge in [0.2, 0.25) is 0 Å². The van der Waals surface area contributed by atoms with E-state index in [2.05, 4.69) is 6.92 Å². The second-order valence-corrected chi connectivity index (χ2v) is 5.79. The van der Waals surface area contributed by atoms with Crippen LogP contribution < -0.4 is 9.47 Å². The minimum atomic E-state index is -0.423. The average Bonchev–Trinajstić information content (AvgIpc) is 2.69. The number of carbonyl (C=O) groups is 2. The van der Waals surface area contributed by atoms with E-state index in [0.29, 0.717) is 23.5 Å². The second-order valence-electron chi connectivity index (χ2n) is 5.79. The van der Waals surface area contributed by atoms with E-state index in [4.69, 9.17) is 14.2 Å². The zero-order valence-corrected chi connectivity index (χ0v) is 15.4. The van der Waals surface area contributed by atoms with Crippen LogP contribution >= 0.6 is 0 Å². The Balaban J connectivity index is 1.86. The molecule has 0 heterocycles. The van der Waals surface area contributed by atoms with E-state index in [-0.39, 0.29) is 18.8 Å². The van der Waals surface area contributed by atoms with Crippen LogP contribution in [0.5, 0.6) is 11.5 Å². The highest BCUT2D eigenvalue weighted by Crippen LogP contribution is 2.31. The summed E-state index contributed by atoms with van der Waals surface area (Å²) in [5.74, 6) is 0.590. The van der Waals surface area contributed by atoms with Gasteiger partial charge in [0, 0.05) is 12.0 Å². The Morgan fingerprint density at radius 2 is 1.69 bits per heavy atom. The number of para-hydroxylation sites is 1. The number of rotatable bonds is 9. The molecule has 0 N–H and O–H groups in total. The van der Waals surface area contributed by atoms with Gasteiger partial charge in [0.1, 0.15) is 0 Å². The van der Waals surface area contributed by atoms with E-state index in [1.165, 1.54) is 0 Å². The molecule has 0 aliphatic heterocycles. The molecule has 2 rings (SSSR count). The van der Waals surface area contributed by atoms with Crippen molar-refractivity contribution in [3.05, 3.63) is 59.2 Å². The number of hydrogen-bond donors (Lipinski definition) is 0. The Labute approximate surface area is 153 Å². The van der Waals surface area contributed by atoms with Crippen LogP contribution in [-0.2, 0) is 22.4 Å². The first-order chi connectivity index (χ1) is 12.6. The predicted molar refractivity (Wildman–Crippen MR) is 99.0 cm³/mol. The number of ether oxygens (including phenoxy) is 3. The van der Waals surface area contributed by atoms with Crippen LogP contribution in [0.3, 0.4) is 0 Å². The molecule has 0 saturated carbocycles. The summed E-state index contributed by atoms with van der Waals surface area (Å²) >= 11 is 0. The highest BCUT2D eigenvalue weighted by molar-refractivity contribution is 5.97. The molecule has 0 aliphatic rings. The molecule has 5 nitrogen and oxygen atoms in total. The summed E-state index contributed by atoms with van der Waals surface area (Å²) in [6.45, 7) is 1.80. The fourth-order valence-electron chi connectivity index (χ4n) is 2.62. The average molecular weight is 356 g/mol. The SMILES string of the molecule is CCc1ccc(C(=O)COC(=O)CCc2cccc(OC)c2OC)cc1. The van der Waals surface area contributed by atoms with Gasteiger partial charge in [-0.15, -0.1) is 0 Å². The quantitative estimate of drug-likeness (QED) is 0.507. The zero-order chi connectivity index (χ0) is 18.9. The van der Waals surface area contributed by atoms with Gasteiger partial charge in [0.25, 0.3) is 0 Å². The van der Waals surface area contributed by atoms with Crippen molar-refractivity contribution in [3.63, 3.8) is 0 Å². The van der Waals surface area contributed by atoms with E-state index in [9.17, 15) is 9.59 Å². The van der Waals surface area contributed by atoms with Gasteiger partial charge in [-0.1, -0.05) is 43.3 Å². The van der Waals surface area contributed by atoms with Crippen LogP contribution in [0.15, 0.2) is 42.5 Å². The first kappa shape index (κ1) is 19.5. The molecule has 138 valence electrons. The molecular formula is C21H24O5. The molecule has 0 amide bonds. The number of esters is 1. The van der Waals surface area contributed by atoms with Crippen LogP contribution in [0, 0.1) is 0 Å². The van der Waals surface area contributed by atoms with Crippen molar-refractivity contribution in [2.75, 3.05) is 20.8 Å². The number of benzene rings is 2. The molecule has 26 heavy (non-hydrogen) atoms. The predicted octanol–water partition coefficient (Wildman–Crippen LogP) is 3.62. The number of Topliss-reactive ketones (excluding diaryl/α,β-unsaturated/α-hetero) is 1. The lowest BCUT2D eigenvalue weighted by Gasteiger charge is -2.12. The molecule has 0 aliphatic carbocycles. The van der Waals surface area contributed by atoms with Crippen LogP contribution in [-0.4, -0.2) is 32.6 Å². The largest absolute Gasteiger partial charge is 0.493 e. The highest BCUT2D eigenvalue weighted by atomic mass is 16.5. The van der Waals surface area contributed by atoms with Gasteiger partial charge < -0.3 is 14.2 Å². The molecule has 5 heteroatoms. The number of hydrogen-bond acceptors (Lipinski definition) is 5.